The third kappa shape index (κ3) is 5.63. The first-order valence-electron chi connectivity index (χ1n) is 12.2. The zero-order chi connectivity index (χ0) is 26.5. The van der Waals surface area contributed by atoms with Crippen LogP contribution in [0.3, 0.4) is 0 Å². The highest BCUT2D eigenvalue weighted by Crippen LogP contribution is 2.20. The van der Waals surface area contributed by atoms with E-state index in [9.17, 15) is 19.2 Å². The van der Waals surface area contributed by atoms with E-state index in [1.165, 1.54) is 12.0 Å². The van der Waals surface area contributed by atoms with Gasteiger partial charge in [-0.1, -0.05) is 29.8 Å². The number of ether oxygens (including phenoxy) is 2. The lowest BCUT2D eigenvalue weighted by Gasteiger charge is -2.30. The minimum absolute atomic E-state index is 0.0611. The third-order valence-electron chi connectivity index (χ3n) is 6.42. The van der Waals surface area contributed by atoms with Gasteiger partial charge < -0.3 is 14.4 Å². The Bertz CT molecular complexity index is 1400. The summed E-state index contributed by atoms with van der Waals surface area (Å²) in [6.07, 6.45) is 0.861. The summed E-state index contributed by atoms with van der Waals surface area (Å²) in [5.41, 5.74) is 0.307. The molecule has 1 saturated heterocycles. The normalized spacial score (nSPS) is 13.9. The predicted octanol–water partition coefficient (Wildman–Crippen LogP) is 2.17. The number of carbonyl (C=O) groups is 2. The van der Waals surface area contributed by atoms with E-state index in [0.717, 1.165) is 14.8 Å². The summed E-state index contributed by atoms with van der Waals surface area (Å²) in [6, 6.07) is 14.1. The smallest absolute Gasteiger partial charge is 0.352 e. The Kier molecular flexibility index (Phi) is 7.86. The van der Waals surface area contributed by atoms with Crippen LogP contribution in [0.4, 0.5) is 0 Å². The fourth-order valence-electron chi connectivity index (χ4n) is 4.32. The zero-order valence-corrected chi connectivity index (χ0v) is 21.2. The second-order valence-corrected chi connectivity index (χ2v) is 8.94. The monoisotopic (exact) mass is 506 g/mol. The molecule has 0 saturated carbocycles. The third-order valence-corrected chi connectivity index (χ3v) is 6.42. The van der Waals surface area contributed by atoms with Gasteiger partial charge in [-0.05, 0) is 56.5 Å². The van der Waals surface area contributed by atoms with Crippen LogP contribution in [0.15, 0.2) is 58.1 Å². The number of amides is 1. The molecule has 1 aromatic heterocycles. The standard InChI is InChI=1S/C27H30N4O6/c1-4-37-26(34)20-12-14-29(15-13-20)24(32)23-25(33)30(17-19-6-5-7-22(16-19)36-3)27(35)31(28-23)21-10-8-18(2)9-11-21/h5-11,16,20H,4,12-15,17H2,1-3H3. The molecule has 3 aromatic rings. The van der Waals surface area contributed by atoms with Crippen molar-refractivity contribution < 1.29 is 19.1 Å². The van der Waals surface area contributed by atoms with Gasteiger partial charge in [0.1, 0.15) is 5.75 Å². The minimum atomic E-state index is -0.770. The highest BCUT2D eigenvalue weighted by atomic mass is 16.5. The van der Waals surface area contributed by atoms with Crippen molar-refractivity contribution in [3.63, 3.8) is 0 Å². The first kappa shape index (κ1) is 25.9. The summed E-state index contributed by atoms with van der Waals surface area (Å²) in [5.74, 6) is -0.559. The van der Waals surface area contributed by atoms with Gasteiger partial charge in [-0.2, -0.15) is 9.78 Å². The van der Waals surface area contributed by atoms with Crippen molar-refractivity contribution in [1.29, 1.82) is 0 Å². The van der Waals surface area contributed by atoms with Gasteiger partial charge in [0.05, 0.1) is 31.9 Å². The summed E-state index contributed by atoms with van der Waals surface area (Å²) >= 11 is 0. The summed E-state index contributed by atoms with van der Waals surface area (Å²) < 4.78 is 12.5. The average Bonchev–Trinajstić information content (AvgIpc) is 2.92. The predicted molar refractivity (Wildman–Crippen MR) is 136 cm³/mol. The van der Waals surface area contributed by atoms with Crippen LogP contribution in [0.2, 0.25) is 0 Å². The molecule has 194 valence electrons. The maximum atomic E-state index is 13.5. The molecule has 0 atom stereocenters. The van der Waals surface area contributed by atoms with Gasteiger partial charge in [0.25, 0.3) is 11.5 Å². The molecule has 0 bridgehead atoms. The zero-order valence-electron chi connectivity index (χ0n) is 21.2. The van der Waals surface area contributed by atoms with E-state index in [2.05, 4.69) is 5.10 Å². The molecule has 0 spiro atoms. The van der Waals surface area contributed by atoms with E-state index < -0.39 is 17.2 Å². The van der Waals surface area contributed by atoms with Crippen molar-refractivity contribution in [1.82, 2.24) is 19.2 Å². The van der Waals surface area contributed by atoms with Crippen LogP contribution in [0, 0.1) is 12.8 Å². The fourth-order valence-corrected chi connectivity index (χ4v) is 4.32. The lowest BCUT2D eigenvalue weighted by molar-refractivity contribution is -0.149. The lowest BCUT2D eigenvalue weighted by atomic mass is 9.97. The van der Waals surface area contributed by atoms with Crippen LogP contribution >= 0.6 is 0 Å². The van der Waals surface area contributed by atoms with Crippen LogP contribution in [0.25, 0.3) is 5.69 Å². The van der Waals surface area contributed by atoms with Crippen molar-refractivity contribution in [2.75, 3.05) is 26.8 Å². The van der Waals surface area contributed by atoms with Crippen LogP contribution in [0.1, 0.15) is 41.4 Å². The number of nitrogens with zero attached hydrogens (tertiary/aromatic N) is 4. The van der Waals surface area contributed by atoms with Crippen molar-refractivity contribution in [2.45, 2.75) is 33.2 Å². The number of hydrogen-bond acceptors (Lipinski definition) is 7. The molecule has 4 rings (SSSR count). The Labute approximate surface area is 214 Å². The number of piperidine rings is 1. The fraction of sp³-hybridized carbons (Fsp3) is 0.370. The van der Waals surface area contributed by atoms with E-state index in [4.69, 9.17) is 9.47 Å². The van der Waals surface area contributed by atoms with E-state index in [-0.39, 0.29) is 37.2 Å². The molecular weight excluding hydrogens is 476 g/mol. The maximum Gasteiger partial charge on any atom is 0.352 e. The number of benzene rings is 2. The van der Waals surface area contributed by atoms with Crippen LogP contribution < -0.4 is 16.0 Å². The van der Waals surface area contributed by atoms with E-state index in [1.54, 1.807) is 43.3 Å². The van der Waals surface area contributed by atoms with Gasteiger partial charge >= 0.3 is 11.7 Å². The highest BCUT2D eigenvalue weighted by molar-refractivity contribution is 5.92. The molecule has 1 fully saturated rings. The van der Waals surface area contributed by atoms with Crippen molar-refractivity contribution in [2.24, 2.45) is 5.92 Å². The molecule has 2 heterocycles. The topological polar surface area (TPSA) is 113 Å². The first-order valence-corrected chi connectivity index (χ1v) is 12.2. The molecule has 1 aliphatic heterocycles. The molecule has 0 aliphatic carbocycles. The molecule has 1 amide bonds. The number of esters is 1. The van der Waals surface area contributed by atoms with Crippen molar-refractivity contribution in [3.05, 3.63) is 86.2 Å². The molecule has 37 heavy (non-hydrogen) atoms. The first-order chi connectivity index (χ1) is 17.8. The van der Waals surface area contributed by atoms with Crippen LogP contribution in [-0.2, 0) is 16.1 Å². The number of methoxy groups -OCH3 is 1. The van der Waals surface area contributed by atoms with Gasteiger partial charge in [-0.25, -0.2) is 4.79 Å². The molecule has 0 N–H and O–H groups in total. The van der Waals surface area contributed by atoms with Crippen molar-refractivity contribution >= 4 is 11.9 Å². The second-order valence-electron chi connectivity index (χ2n) is 8.94. The quantitative estimate of drug-likeness (QED) is 0.452. The van der Waals surface area contributed by atoms with E-state index >= 15 is 0 Å². The van der Waals surface area contributed by atoms with Crippen molar-refractivity contribution in [3.8, 4) is 11.4 Å². The summed E-state index contributed by atoms with van der Waals surface area (Å²) in [7, 11) is 1.53. The molecular formula is C27H30N4O6. The lowest BCUT2D eigenvalue weighted by Crippen LogP contribution is -2.48. The molecule has 10 heteroatoms. The Balaban J connectivity index is 1.73. The van der Waals surface area contributed by atoms with E-state index in [1.807, 2.05) is 19.1 Å². The Morgan fingerprint density at radius 1 is 1.05 bits per heavy atom. The number of rotatable bonds is 7. The van der Waals surface area contributed by atoms with Crippen LogP contribution in [0.5, 0.6) is 5.75 Å². The second kappa shape index (κ2) is 11.2. The Morgan fingerprint density at radius 3 is 2.41 bits per heavy atom. The summed E-state index contributed by atoms with van der Waals surface area (Å²) in [6.45, 7) is 4.47. The Morgan fingerprint density at radius 2 is 1.76 bits per heavy atom. The van der Waals surface area contributed by atoms with Gasteiger partial charge in [-0.3, -0.25) is 19.0 Å². The van der Waals surface area contributed by atoms with Gasteiger partial charge in [0, 0.05) is 13.1 Å². The minimum Gasteiger partial charge on any atom is -0.497 e. The number of aromatic nitrogens is 3. The molecule has 0 radical (unpaired) electrons. The number of carbonyl (C=O) groups excluding carboxylic acids is 2. The molecule has 10 nitrogen and oxygen atoms in total. The van der Waals surface area contributed by atoms with Gasteiger partial charge in [0.2, 0.25) is 5.69 Å². The van der Waals surface area contributed by atoms with Crippen LogP contribution in [-0.4, -0.2) is 57.9 Å². The Hall–Kier alpha value is -4.21. The highest BCUT2D eigenvalue weighted by Gasteiger charge is 2.31. The van der Waals surface area contributed by atoms with Gasteiger partial charge in [-0.15, -0.1) is 0 Å². The molecule has 0 unspecified atom stereocenters. The van der Waals surface area contributed by atoms with E-state index in [0.29, 0.717) is 36.4 Å². The summed E-state index contributed by atoms with van der Waals surface area (Å²) in [5, 5.41) is 4.23. The number of likely N-dealkylation sites (tertiary alicyclic amines) is 1. The van der Waals surface area contributed by atoms with Gasteiger partial charge in [0.15, 0.2) is 0 Å². The molecule has 1 aliphatic rings. The number of aryl methyl sites for hydroxylation is 1. The SMILES string of the molecule is CCOC(=O)C1CCN(C(=O)c2nn(-c3ccc(C)cc3)c(=O)n(Cc3cccc(OC)c3)c2=O)CC1. The largest absolute Gasteiger partial charge is 0.497 e. The maximum absolute atomic E-state index is 13.5. The number of hydrogen-bond donors (Lipinski definition) is 0. The average molecular weight is 507 g/mol. The summed E-state index contributed by atoms with van der Waals surface area (Å²) in [4.78, 5) is 53.9. The molecule has 2 aromatic carbocycles.